The number of anilines is 1. The van der Waals surface area contributed by atoms with Gasteiger partial charge in [0.1, 0.15) is 5.82 Å². The van der Waals surface area contributed by atoms with Gasteiger partial charge in [0.25, 0.3) is 6.43 Å². The van der Waals surface area contributed by atoms with E-state index in [-0.39, 0.29) is 17.9 Å². The molecule has 0 aliphatic heterocycles. The molecule has 2 rings (SSSR count). The van der Waals surface area contributed by atoms with Gasteiger partial charge in [0.2, 0.25) is 11.0 Å². The average Bonchev–Trinajstić information content (AvgIpc) is 2.85. The van der Waals surface area contributed by atoms with Crippen molar-refractivity contribution >= 4 is 22.6 Å². The Morgan fingerprint density at radius 3 is 2.82 bits per heavy atom. The fourth-order valence-electron chi connectivity index (χ4n) is 1.94. The molecule has 1 amide bonds. The lowest BCUT2D eigenvalue weighted by atomic mass is 10.1. The molecule has 0 spiro atoms. The molecule has 0 atom stereocenters. The predicted molar refractivity (Wildman–Crippen MR) is 82.2 cm³/mol. The Kier molecular flexibility index (Phi) is 5.54. The lowest BCUT2D eigenvalue weighted by molar-refractivity contribution is -0.115. The van der Waals surface area contributed by atoms with Crippen molar-refractivity contribution in [2.24, 2.45) is 5.92 Å². The SMILES string of the molecule is CC(C)Cc1nsc(NC(=O)Cc2cccc(C(F)F)c2)n1. The summed E-state index contributed by atoms with van der Waals surface area (Å²) in [6.07, 6.45) is -1.76. The van der Waals surface area contributed by atoms with E-state index in [1.54, 1.807) is 6.07 Å². The first-order valence-corrected chi connectivity index (χ1v) is 7.71. The summed E-state index contributed by atoms with van der Waals surface area (Å²) in [5.41, 5.74) is 0.461. The van der Waals surface area contributed by atoms with Crippen LogP contribution >= 0.6 is 11.5 Å². The maximum absolute atomic E-state index is 12.6. The van der Waals surface area contributed by atoms with Crippen LogP contribution in [0.5, 0.6) is 0 Å². The van der Waals surface area contributed by atoms with Crippen LogP contribution in [0.15, 0.2) is 24.3 Å². The number of hydrogen-bond donors (Lipinski definition) is 1. The van der Waals surface area contributed by atoms with Crippen molar-refractivity contribution in [1.82, 2.24) is 9.36 Å². The molecule has 2 aromatic rings. The highest BCUT2D eigenvalue weighted by Crippen LogP contribution is 2.20. The Balaban J connectivity index is 1.95. The molecule has 1 aromatic carbocycles. The zero-order valence-electron chi connectivity index (χ0n) is 12.3. The molecular formula is C15H17F2N3OS. The number of aromatic nitrogens is 2. The van der Waals surface area contributed by atoms with E-state index in [0.717, 1.165) is 18.0 Å². The number of alkyl halides is 2. The molecule has 0 unspecified atom stereocenters. The van der Waals surface area contributed by atoms with Crippen molar-refractivity contribution in [3.63, 3.8) is 0 Å². The molecule has 0 saturated carbocycles. The summed E-state index contributed by atoms with van der Waals surface area (Å²) >= 11 is 1.13. The van der Waals surface area contributed by atoms with Crippen molar-refractivity contribution in [2.45, 2.75) is 33.1 Å². The quantitative estimate of drug-likeness (QED) is 0.877. The summed E-state index contributed by atoms with van der Waals surface area (Å²) in [7, 11) is 0. The second-order valence-corrected chi connectivity index (χ2v) is 6.14. The zero-order chi connectivity index (χ0) is 16.1. The predicted octanol–water partition coefficient (Wildman–Crippen LogP) is 3.86. The highest BCUT2D eigenvalue weighted by Gasteiger charge is 2.12. The molecule has 22 heavy (non-hydrogen) atoms. The first-order valence-electron chi connectivity index (χ1n) is 6.93. The minimum absolute atomic E-state index is 0.0274. The molecule has 0 fully saturated rings. The fourth-order valence-corrected chi connectivity index (χ4v) is 2.55. The Bertz CT molecular complexity index is 643. The number of benzene rings is 1. The Hall–Kier alpha value is -1.89. The van der Waals surface area contributed by atoms with E-state index in [1.165, 1.54) is 18.2 Å². The Morgan fingerprint density at radius 1 is 1.36 bits per heavy atom. The number of halogens is 2. The third-order valence-corrected chi connectivity index (χ3v) is 3.54. The highest BCUT2D eigenvalue weighted by atomic mass is 32.1. The van der Waals surface area contributed by atoms with E-state index >= 15 is 0 Å². The molecule has 7 heteroatoms. The van der Waals surface area contributed by atoms with Gasteiger partial charge in [-0.2, -0.15) is 4.37 Å². The van der Waals surface area contributed by atoms with Gasteiger partial charge in [-0.3, -0.25) is 4.79 Å². The molecule has 0 aliphatic rings. The van der Waals surface area contributed by atoms with Crippen LogP contribution in [0.2, 0.25) is 0 Å². The Labute approximate surface area is 131 Å². The van der Waals surface area contributed by atoms with Crippen molar-refractivity contribution in [1.29, 1.82) is 0 Å². The topological polar surface area (TPSA) is 54.9 Å². The van der Waals surface area contributed by atoms with Gasteiger partial charge in [-0.15, -0.1) is 0 Å². The molecule has 1 heterocycles. The monoisotopic (exact) mass is 325 g/mol. The molecule has 0 saturated heterocycles. The number of hydrogen-bond acceptors (Lipinski definition) is 4. The van der Waals surface area contributed by atoms with Crippen molar-refractivity contribution in [2.75, 3.05) is 5.32 Å². The summed E-state index contributed by atoms with van der Waals surface area (Å²) < 4.78 is 29.4. The van der Waals surface area contributed by atoms with E-state index in [4.69, 9.17) is 0 Å². The van der Waals surface area contributed by atoms with Crippen molar-refractivity contribution < 1.29 is 13.6 Å². The molecule has 118 valence electrons. The second kappa shape index (κ2) is 7.40. The third kappa shape index (κ3) is 4.84. The standard InChI is InChI=1S/C15H17F2N3OS/c1-9(2)6-12-18-15(22-20-12)19-13(21)8-10-4-3-5-11(7-10)14(16)17/h3-5,7,9,14H,6,8H2,1-2H3,(H,18,19,20,21). The number of carbonyl (C=O) groups is 1. The van der Waals surface area contributed by atoms with Crippen LogP contribution < -0.4 is 5.32 Å². The van der Waals surface area contributed by atoms with Crippen molar-refractivity contribution in [3.05, 3.63) is 41.2 Å². The van der Waals surface area contributed by atoms with E-state index < -0.39 is 6.43 Å². The maximum Gasteiger partial charge on any atom is 0.263 e. The summed E-state index contributed by atoms with van der Waals surface area (Å²) in [5, 5.41) is 3.09. The molecule has 0 aliphatic carbocycles. The minimum Gasteiger partial charge on any atom is -0.300 e. The van der Waals surface area contributed by atoms with Gasteiger partial charge in [0.05, 0.1) is 6.42 Å². The van der Waals surface area contributed by atoms with Gasteiger partial charge >= 0.3 is 0 Å². The molecule has 0 bridgehead atoms. The summed E-state index contributed by atoms with van der Waals surface area (Å²) in [6.45, 7) is 4.13. The second-order valence-electron chi connectivity index (χ2n) is 5.38. The maximum atomic E-state index is 12.6. The summed E-state index contributed by atoms with van der Waals surface area (Å²) in [4.78, 5) is 16.2. The van der Waals surface area contributed by atoms with E-state index in [9.17, 15) is 13.6 Å². The van der Waals surface area contributed by atoms with Crippen LogP contribution in [0.25, 0.3) is 0 Å². The molecule has 1 aromatic heterocycles. The molecule has 0 radical (unpaired) electrons. The fraction of sp³-hybridized carbons (Fsp3) is 0.400. The number of carbonyl (C=O) groups excluding carboxylic acids is 1. The van der Waals surface area contributed by atoms with Gasteiger partial charge in [-0.25, -0.2) is 13.8 Å². The number of amides is 1. The van der Waals surface area contributed by atoms with Gasteiger partial charge in [0, 0.05) is 23.5 Å². The largest absolute Gasteiger partial charge is 0.300 e. The Morgan fingerprint density at radius 2 is 2.14 bits per heavy atom. The summed E-state index contributed by atoms with van der Waals surface area (Å²) in [6, 6.07) is 5.86. The van der Waals surface area contributed by atoms with Gasteiger partial charge in [-0.1, -0.05) is 32.0 Å². The molecule has 4 nitrogen and oxygen atoms in total. The highest BCUT2D eigenvalue weighted by molar-refractivity contribution is 7.09. The van der Waals surface area contributed by atoms with Crippen LogP contribution in [-0.4, -0.2) is 15.3 Å². The number of nitrogens with zero attached hydrogens (tertiary/aromatic N) is 2. The number of nitrogens with one attached hydrogen (secondary N) is 1. The van der Waals surface area contributed by atoms with E-state index in [1.807, 2.05) is 0 Å². The van der Waals surface area contributed by atoms with Gasteiger partial charge in [0.15, 0.2) is 0 Å². The lowest BCUT2D eigenvalue weighted by Gasteiger charge is -2.04. The van der Waals surface area contributed by atoms with E-state index in [0.29, 0.717) is 22.4 Å². The lowest BCUT2D eigenvalue weighted by Crippen LogP contribution is -2.14. The minimum atomic E-state index is -2.54. The van der Waals surface area contributed by atoms with Crippen LogP contribution in [0, 0.1) is 5.92 Å². The summed E-state index contributed by atoms with van der Waals surface area (Å²) in [5.74, 6) is 0.851. The zero-order valence-corrected chi connectivity index (χ0v) is 13.2. The van der Waals surface area contributed by atoms with Gasteiger partial charge < -0.3 is 5.32 Å². The first kappa shape index (κ1) is 16.5. The average molecular weight is 325 g/mol. The van der Waals surface area contributed by atoms with Crippen LogP contribution in [0.3, 0.4) is 0 Å². The molecule has 1 N–H and O–H groups in total. The number of rotatable bonds is 6. The smallest absolute Gasteiger partial charge is 0.263 e. The third-order valence-electron chi connectivity index (χ3n) is 2.87. The van der Waals surface area contributed by atoms with Gasteiger partial charge in [-0.05, 0) is 17.5 Å². The normalized spacial score (nSPS) is 11.2. The van der Waals surface area contributed by atoms with E-state index in [2.05, 4.69) is 28.5 Å². The first-order chi connectivity index (χ1) is 10.4. The van der Waals surface area contributed by atoms with Crippen LogP contribution in [0.1, 0.15) is 37.2 Å². The molecular weight excluding hydrogens is 308 g/mol. The van der Waals surface area contributed by atoms with Crippen LogP contribution in [0.4, 0.5) is 13.9 Å². The van der Waals surface area contributed by atoms with Crippen LogP contribution in [-0.2, 0) is 17.6 Å². The van der Waals surface area contributed by atoms with Crippen molar-refractivity contribution in [3.8, 4) is 0 Å².